The summed E-state index contributed by atoms with van der Waals surface area (Å²) in [6.45, 7) is 2.21. The minimum atomic E-state index is -0.471. The van der Waals surface area contributed by atoms with Crippen LogP contribution in [0.1, 0.15) is 12.5 Å². The lowest BCUT2D eigenvalue weighted by atomic mass is 10.1. The third-order valence-corrected chi connectivity index (χ3v) is 3.45. The van der Waals surface area contributed by atoms with E-state index in [4.69, 9.17) is 4.74 Å². The summed E-state index contributed by atoms with van der Waals surface area (Å²) in [6, 6.07) is 2.59. The van der Waals surface area contributed by atoms with Crippen LogP contribution in [0.25, 0.3) is 6.08 Å². The maximum absolute atomic E-state index is 11.8. The molecule has 3 amide bonds. The zero-order valence-electron chi connectivity index (χ0n) is 10.9. The van der Waals surface area contributed by atoms with Gasteiger partial charge in [-0.2, -0.15) is 0 Å². The Balaban J connectivity index is 2.41. The van der Waals surface area contributed by atoms with Crippen molar-refractivity contribution >= 4 is 33.9 Å². The Morgan fingerprint density at radius 1 is 1.45 bits per heavy atom. The van der Waals surface area contributed by atoms with Crippen LogP contribution in [0.4, 0.5) is 4.79 Å². The van der Waals surface area contributed by atoms with E-state index in [9.17, 15) is 14.7 Å². The minimum absolute atomic E-state index is 0.000206. The predicted molar refractivity (Wildman–Crippen MR) is 76.3 cm³/mol. The number of carbonyl (C=O) groups is 2. The number of nitrogens with one attached hydrogen (secondary N) is 1. The van der Waals surface area contributed by atoms with Crippen molar-refractivity contribution in [3.63, 3.8) is 0 Å². The van der Waals surface area contributed by atoms with Crippen LogP contribution < -0.4 is 10.1 Å². The number of carbonyl (C=O) groups excluding carboxylic acids is 2. The second-order valence-corrected chi connectivity index (χ2v) is 4.98. The summed E-state index contributed by atoms with van der Waals surface area (Å²) in [5.41, 5.74) is 0.788. The molecule has 0 bridgehead atoms. The normalized spacial score (nSPS) is 16.8. The van der Waals surface area contributed by atoms with E-state index in [1.165, 1.54) is 19.2 Å². The van der Waals surface area contributed by atoms with Crippen LogP contribution in [0.2, 0.25) is 0 Å². The number of imide groups is 1. The Labute approximate surface area is 124 Å². The highest BCUT2D eigenvalue weighted by Gasteiger charge is 2.30. The Bertz CT molecular complexity index is 613. The molecule has 0 radical (unpaired) electrons. The summed E-state index contributed by atoms with van der Waals surface area (Å²) in [5.74, 6) is -0.0969. The third-order valence-electron chi connectivity index (χ3n) is 2.76. The molecule has 0 aliphatic carbocycles. The Morgan fingerprint density at radius 3 is 2.70 bits per heavy atom. The number of ether oxygens (including phenoxy) is 1. The highest BCUT2D eigenvalue weighted by Crippen LogP contribution is 2.34. The van der Waals surface area contributed by atoms with E-state index in [1.54, 1.807) is 13.0 Å². The van der Waals surface area contributed by atoms with E-state index in [2.05, 4.69) is 21.2 Å². The van der Waals surface area contributed by atoms with Crippen LogP contribution in [-0.2, 0) is 4.79 Å². The predicted octanol–water partition coefficient (Wildman–Crippen LogP) is 2.08. The molecule has 6 nitrogen and oxygen atoms in total. The lowest BCUT2D eigenvalue weighted by molar-refractivity contribution is -0.121. The number of likely N-dealkylation sites (N-methyl/N-ethyl adjacent to an activating group) is 1. The second-order valence-electron chi connectivity index (χ2n) is 4.13. The van der Waals surface area contributed by atoms with E-state index in [-0.39, 0.29) is 11.4 Å². The minimum Gasteiger partial charge on any atom is -0.504 e. The van der Waals surface area contributed by atoms with Gasteiger partial charge in [0, 0.05) is 11.5 Å². The molecular weight excluding hydrogens is 328 g/mol. The first-order valence-electron chi connectivity index (χ1n) is 5.90. The van der Waals surface area contributed by atoms with Gasteiger partial charge < -0.3 is 15.2 Å². The molecule has 2 N–H and O–H groups in total. The molecule has 0 spiro atoms. The summed E-state index contributed by atoms with van der Waals surface area (Å²) in [4.78, 5) is 24.1. The van der Waals surface area contributed by atoms with Gasteiger partial charge in [0.2, 0.25) is 0 Å². The molecule has 0 unspecified atom stereocenters. The largest absolute Gasteiger partial charge is 0.504 e. The molecule has 1 aromatic carbocycles. The van der Waals surface area contributed by atoms with E-state index in [0.29, 0.717) is 22.4 Å². The van der Waals surface area contributed by atoms with Gasteiger partial charge in [0.15, 0.2) is 11.5 Å². The van der Waals surface area contributed by atoms with E-state index < -0.39 is 11.9 Å². The number of amides is 3. The van der Waals surface area contributed by atoms with Crippen molar-refractivity contribution in [2.45, 2.75) is 6.92 Å². The fourth-order valence-corrected chi connectivity index (χ4v) is 2.16. The summed E-state index contributed by atoms with van der Waals surface area (Å²) in [7, 11) is 1.40. The van der Waals surface area contributed by atoms with Crippen LogP contribution in [0.15, 0.2) is 22.3 Å². The number of phenols is 1. The summed E-state index contributed by atoms with van der Waals surface area (Å²) in [6.07, 6.45) is 1.52. The van der Waals surface area contributed by atoms with Crippen LogP contribution >= 0.6 is 15.9 Å². The molecule has 7 heteroatoms. The lowest BCUT2D eigenvalue weighted by Gasteiger charge is -2.08. The number of rotatable bonds is 3. The average Bonchev–Trinajstić information content (AvgIpc) is 2.63. The standard InChI is InChI=1S/C13H13BrN2O4/c1-3-20-11-5-7(8(14)6-10(11)17)4-9-12(18)16(2)13(19)15-9/h4-6,17H,3H2,1-2H3,(H,15,19)/b9-4+. The Hall–Kier alpha value is -2.02. The quantitative estimate of drug-likeness (QED) is 0.652. The van der Waals surface area contributed by atoms with E-state index >= 15 is 0 Å². The van der Waals surface area contributed by atoms with Crippen LogP contribution in [0, 0.1) is 0 Å². The third kappa shape index (κ3) is 2.62. The smallest absolute Gasteiger partial charge is 0.328 e. The number of halogens is 1. The number of nitrogens with zero attached hydrogens (tertiary/aromatic N) is 1. The summed E-state index contributed by atoms with van der Waals surface area (Å²) in [5, 5.41) is 12.2. The first-order chi connectivity index (χ1) is 9.43. The fourth-order valence-electron chi connectivity index (χ4n) is 1.72. The molecule has 106 valence electrons. The van der Waals surface area contributed by atoms with Gasteiger partial charge in [-0.1, -0.05) is 15.9 Å². The molecule has 0 saturated carbocycles. The molecule has 1 saturated heterocycles. The van der Waals surface area contributed by atoms with Gasteiger partial charge in [-0.3, -0.25) is 9.69 Å². The van der Waals surface area contributed by atoms with Gasteiger partial charge in [0.05, 0.1) is 6.61 Å². The van der Waals surface area contributed by atoms with Gasteiger partial charge in [0.1, 0.15) is 5.70 Å². The molecule has 0 atom stereocenters. The molecule has 1 aromatic rings. The van der Waals surface area contributed by atoms with Crippen molar-refractivity contribution in [3.05, 3.63) is 27.9 Å². The van der Waals surface area contributed by atoms with Crippen LogP contribution in [-0.4, -0.2) is 35.6 Å². The average molecular weight is 341 g/mol. The van der Waals surface area contributed by atoms with E-state index in [1.807, 2.05) is 0 Å². The first kappa shape index (κ1) is 14.4. The van der Waals surface area contributed by atoms with Gasteiger partial charge >= 0.3 is 6.03 Å². The van der Waals surface area contributed by atoms with Gasteiger partial charge in [-0.15, -0.1) is 0 Å². The lowest BCUT2D eigenvalue weighted by Crippen LogP contribution is -2.25. The van der Waals surface area contributed by atoms with Crippen molar-refractivity contribution in [2.24, 2.45) is 0 Å². The SMILES string of the molecule is CCOc1cc(/C=C2/NC(=O)N(C)C2=O)c(Br)cc1O. The zero-order valence-corrected chi connectivity index (χ0v) is 12.5. The zero-order chi connectivity index (χ0) is 14.9. The molecular formula is C13H13BrN2O4. The number of hydrogen-bond acceptors (Lipinski definition) is 4. The molecule has 2 rings (SSSR count). The van der Waals surface area contributed by atoms with Crippen molar-refractivity contribution < 1.29 is 19.4 Å². The number of benzene rings is 1. The highest BCUT2D eigenvalue weighted by molar-refractivity contribution is 9.10. The molecule has 20 heavy (non-hydrogen) atoms. The fraction of sp³-hybridized carbons (Fsp3) is 0.231. The van der Waals surface area contributed by atoms with E-state index in [0.717, 1.165) is 4.90 Å². The summed E-state index contributed by atoms with van der Waals surface area (Å²) >= 11 is 3.29. The maximum Gasteiger partial charge on any atom is 0.328 e. The molecule has 1 fully saturated rings. The van der Waals surface area contributed by atoms with Gasteiger partial charge in [0.25, 0.3) is 5.91 Å². The second kappa shape index (κ2) is 5.54. The highest BCUT2D eigenvalue weighted by atomic mass is 79.9. The number of phenolic OH excluding ortho intramolecular Hbond substituents is 1. The number of aromatic hydroxyl groups is 1. The van der Waals surface area contributed by atoms with Gasteiger partial charge in [-0.25, -0.2) is 4.79 Å². The van der Waals surface area contributed by atoms with Crippen molar-refractivity contribution in [1.82, 2.24) is 10.2 Å². The maximum atomic E-state index is 11.8. The first-order valence-corrected chi connectivity index (χ1v) is 6.69. The van der Waals surface area contributed by atoms with Gasteiger partial charge in [-0.05, 0) is 30.7 Å². The molecule has 1 aliphatic heterocycles. The monoisotopic (exact) mass is 340 g/mol. The van der Waals surface area contributed by atoms with Crippen molar-refractivity contribution in [2.75, 3.05) is 13.7 Å². The number of urea groups is 1. The van der Waals surface area contributed by atoms with Crippen molar-refractivity contribution in [1.29, 1.82) is 0 Å². The topological polar surface area (TPSA) is 78.9 Å². The van der Waals surface area contributed by atoms with Crippen molar-refractivity contribution in [3.8, 4) is 11.5 Å². The molecule has 1 heterocycles. The Morgan fingerprint density at radius 2 is 2.15 bits per heavy atom. The van der Waals surface area contributed by atoms with Crippen LogP contribution in [0.5, 0.6) is 11.5 Å². The van der Waals surface area contributed by atoms with Crippen LogP contribution in [0.3, 0.4) is 0 Å². The molecule has 1 aliphatic rings. The molecule has 0 aromatic heterocycles. The summed E-state index contributed by atoms with van der Waals surface area (Å²) < 4.78 is 5.87. The number of hydrogen-bond donors (Lipinski definition) is 2. The Kier molecular flexibility index (Phi) is 3.99.